The summed E-state index contributed by atoms with van der Waals surface area (Å²) in [7, 11) is -1.91. The van der Waals surface area contributed by atoms with Gasteiger partial charge in [0.05, 0.1) is 13.4 Å². The molecule has 0 unspecified atom stereocenters. The zero-order chi connectivity index (χ0) is 21.3. The van der Waals surface area contributed by atoms with Gasteiger partial charge in [0, 0.05) is 6.42 Å². The van der Waals surface area contributed by atoms with E-state index >= 15 is 0 Å². The van der Waals surface area contributed by atoms with Crippen LogP contribution in [0.5, 0.6) is 17.2 Å². The van der Waals surface area contributed by atoms with Crippen molar-refractivity contribution in [3.63, 3.8) is 0 Å². The maximum atomic E-state index is 11.6. The van der Waals surface area contributed by atoms with E-state index in [9.17, 15) is 13.2 Å². The smallest absolute Gasteiger partial charge is 0.233 e. The summed E-state index contributed by atoms with van der Waals surface area (Å²) in [4.78, 5) is 11.6. The van der Waals surface area contributed by atoms with Crippen LogP contribution in [-0.4, -0.2) is 27.7 Å². The average Bonchev–Trinajstić information content (AvgIpc) is 2.64. The van der Waals surface area contributed by atoms with Crippen molar-refractivity contribution in [2.24, 2.45) is 0 Å². The van der Waals surface area contributed by atoms with E-state index < -0.39 is 15.9 Å². The molecule has 0 radical (unpaired) electrons. The monoisotopic (exact) mass is 407 g/mol. The van der Waals surface area contributed by atoms with Gasteiger partial charge in [-0.1, -0.05) is 26.0 Å². The predicted octanol–water partition coefficient (Wildman–Crippen LogP) is 4.14. The molecule has 0 atom stereocenters. The lowest BCUT2D eigenvalue weighted by atomic mass is 10.0. The van der Waals surface area contributed by atoms with E-state index in [1.54, 1.807) is 7.11 Å². The number of carbonyl (C=O) groups is 1. The van der Waals surface area contributed by atoms with Gasteiger partial charge < -0.3 is 9.47 Å². The number of hydrogen-bond donors (Lipinski definition) is 1. The number of sulfonamides is 1. The Morgan fingerprint density at radius 3 is 1.96 bits per heavy atom. The number of carbonyl (C=O) groups excluding carboxylic acids is 1. The maximum absolute atomic E-state index is 11.6. The Hall–Kier alpha value is -2.54. The number of methoxy groups -OCH3 is 1. The highest BCUT2D eigenvalue weighted by Gasteiger charge is 2.11. The van der Waals surface area contributed by atoms with Crippen LogP contribution in [0.1, 0.15) is 37.0 Å². The van der Waals surface area contributed by atoms with Gasteiger partial charge in [0.1, 0.15) is 17.2 Å². The van der Waals surface area contributed by atoms with E-state index in [0.717, 1.165) is 34.4 Å². The molecule has 7 heteroatoms. The van der Waals surface area contributed by atoms with Crippen LogP contribution in [0, 0.1) is 13.8 Å². The van der Waals surface area contributed by atoms with Crippen LogP contribution in [0.15, 0.2) is 36.4 Å². The number of nitrogens with one attached hydrogen (secondary N) is 1. The van der Waals surface area contributed by atoms with Crippen LogP contribution in [-0.2, 0) is 21.2 Å². The van der Waals surface area contributed by atoms with E-state index in [1.807, 2.05) is 68.8 Å². The summed E-state index contributed by atoms with van der Waals surface area (Å²) in [6, 6.07) is 11.2. The summed E-state index contributed by atoms with van der Waals surface area (Å²) >= 11 is 0. The van der Waals surface area contributed by atoms with Gasteiger partial charge >= 0.3 is 0 Å². The van der Waals surface area contributed by atoms with Gasteiger partial charge in [-0.25, -0.2) is 8.42 Å². The van der Waals surface area contributed by atoms with Gasteiger partial charge in [-0.3, -0.25) is 9.52 Å². The molecule has 1 N–H and O–H groups in total. The molecule has 0 aliphatic carbocycles. The topological polar surface area (TPSA) is 81.7 Å². The molecule has 0 bridgehead atoms. The minimum atomic E-state index is -3.52. The Balaban J connectivity index is 0.00000190. The van der Waals surface area contributed by atoms with E-state index in [2.05, 4.69) is 0 Å². The van der Waals surface area contributed by atoms with Crippen LogP contribution >= 0.6 is 0 Å². The molecule has 0 aliphatic rings. The SMILES string of the molecule is CC.COc1ccc(Oc2c(C)cc(CCC(=O)NS(C)(=O)=O)cc2C)cc1. The Kier molecular flexibility index (Phi) is 8.99. The van der Waals surface area contributed by atoms with Crippen molar-refractivity contribution in [1.82, 2.24) is 4.72 Å². The van der Waals surface area contributed by atoms with Gasteiger partial charge in [-0.15, -0.1) is 0 Å². The molecule has 0 saturated carbocycles. The van der Waals surface area contributed by atoms with Crippen LogP contribution < -0.4 is 14.2 Å². The molecule has 6 nitrogen and oxygen atoms in total. The van der Waals surface area contributed by atoms with Crippen molar-refractivity contribution in [3.8, 4) is 17.2 Å². The molecule has 2 aromatic rings. The van der Waals surface area contributed by atoms with E-state index in [4.69, 9.17) is 9.47 Å². The number of rotatable bonds is 7. The summed E-state index contributed by atoms with van der Waals surface area (Å²) in [6.07, 6.45) is 1.51. The fourth-order valence-corrected chi connectivity index (χ4v) is 3.14. The standard InChI is InChI=1S/C19H23NO5S.C2H6/c1-13-11-15(5-10-18(21)20-26(4,22)23)12-14(2)19(13)25-17-8-6-16(24-3)7-9-17;1-2/h6-9,11-12H,5,10H2,1-4H3,(H,20,21);1-2H3. The van der Waals surface area contributed by atoms with Crippen molar-refractivity contribution in [2.75, 3.05) is 13.4 Å². The first-order valence-corrected chi connectivity index (χ1v) is 11.0. The van der Waals surface area contributed by atoms with Crippen LogP contribution in [0.4, 0.5) is 0 Å². The number of aryl methyl sites for hydroxylation is 3. The second kappa shape index (κ2) is 10.7. The minimum absolute atomic E-state index is 0.102. The molecule has 28 heavy (non-hydrogen) atoms. The van der Waals surface area contributed by atoms with Crippen molar-refractivity contribution >= 4 is 15.9 Å². The molecule has 2 aromatic carbocycles. The summed E-state index contributed by atoms with van der Waals surface area (Å²) < 4.78 is 35.2. The van der Waals surface area contributed by atoms with E-state index in [1.165, 1.54) is 0 Å². The van der Waals surface area contributed by atoms with Crippen molar-refractivity contribution in [2.45, 2.75) is 40.5 Å². The Labute approximate surface area is 167 Å². The van der Waals surface area contributed by atoms with Gasteiger partial charge in [-0.2, -0.15) is 0 Å². The molecule has 0 fully saturated rings. The van der Waals surface area contributed by atoms with E-state index in [0.29, 0.717) is 12.2 Å². The van der Waals surface area contributed by atoms with Gasteiger partial charge in [0.15, 0.2) is 0 Å². The molecule has 154 valence electrons. The van der Waals surface area contributed by atoms with Crippen LogP contribution in [0.3, 0.4) is 0 Å². The predicted molar refractivity (Wildman–Crippen MR) is 112 cm³/mol. The number of hydrogen-bond acceptors (Lipinski definition) is 5. The average molecular weight is 408 g/mol. The normalized spacial score (nSPS) is 10.5. The summed E-state index contributed by atoms with van der Waals surface area (Å²) in [6.45, 7) is 7.87. The summed E-state index contributed by atoms with van der Waals surface area (Å²) in [5, 5.41) is 0. The lowest BCUT2D eigenvalue weighted by molar-refractivity contribution is -0.119. The third-order valence-corrected chi connectivity index (χ3v) is 4.34. The zero-order valence-electron chi connectivity index (χ0n) is 17.3. The molecule has 2 rings (SSSR count). The Bertz CT molecular complexity index is 867. The van der Waals surface area contributed by atoms with E-state index in [-0.39, 0.29) is 6.42 Å². The molecular weight excluding hydrogens is 378 g/mol. The number of ether oxygens (including phenoxy) is 2. The van der Waals surface area contributed by atoms with Crippen molar-refractivity contribution < 1.29 is 22.7 Å². The third-order valence-electron chi connectivity index (χ3n) is 3.74. The zero-order valence-corrected chi connectivity index (χ0v) is 18.1. The molecule has 1 amide bonds. The molecule has 0 saturated heterocycles. The van der Waals surface area contributed by atoms with Crippen LogP contribution in [0.2, 0.25) is 0 Å². The van der Waals surface area contributed by atoms with Gasteiger partial charge in [0.25, 0.3) is 0 Å². The molecule has 0 aliphatic heterocycles. The Morgan fingerprint density at radius 1 is 1.00 bits per heavy atom. The first kappa shape index (κ1) is 23.5. The highest BCUT2D eigenvalue weighted by Crippen LogP contribution is 2.31. The van der Waals surface area contributed by atoms with Crippen molar-refractivity contribution in [1.29, 1.82) is 0 Å². The molecule has 0 aromatic heterocycles. The Morgan fingerprint density at radius 2 is 1.50 bits per heavy atom. The largest absolute Gasteiger partial charge is 0.497 e. The summed E-state index contributed by atoms with van der Waals surface area (Å²) in [5.74, 6) is 1.71. The first-order chi connectivity index (χ1) is 13.2. The summed E-state index contributed by atoms with van der Waals surface area (Å²) in [5.41, 5.74) is 2.84. The quantitative estimate of drug-likeness (QED) is 0.746. The highest BCUT2D eigenvalue weighted by atomic mass is 32.2. The maximum Gasteiger partial charge on any atom is 0.233 e. The lowest BCUT2D eigenvalue weighted by Crippen LogP contribution is -2.29. The second-order valence-electron chi connectivity index (χ2n) is 6.13. The van der Waals surface area contributed by atoms with Crippen molar-refractivity contribution in [3.05, 3.63) is 53.1 Å². The third kappa shape index (κ3) is 7.60. The van der Waals surface area contributed by atoms with Gasteiger partial charge in [0.2, 0.25) is 15.9 Å². The minimum Gasteiger partial charge on any atom is -0.497 e. The molecule has 0 heterocycles. The van der Waals surface area contributed by atoms with Gasteiger partial charge in [-0.05, 0) is 61.2 Å². The fraction of sp³-hybridized carbons (Fsp3) is 0.381. The molecule has 0 spiro atoms. The second-order valence-corrected chi connectivity index (χ2v) is 7.88. The lowest BCUT2D eigenvalue weighted by Gasteiger charge is -2.14. The number of amides is 1. The number of benzene rings is 2. The molecular formula is C21H29NO5S. The fourth-order valence-electron chi connectivity index (χ4n) is 2.62. The first-order valence-electron chi connectivity index (χ1n) is 9.10. The van der Waals surface area contributed by atoms with Crippen LogP contribution in [0.25, 0.3) is 0 Å². The highest BCUT2D eigenvalue weighted by molar-refractivity contribution is 7.89.